The summed E-state index contributed by atoms with van der Waals surface area (Å²) in [6.07, 6.45) is 1.67. The van der Waals surface area contributed by atoms with E-state index in [1.807, 2.05) is 30.3 Å². The number of fused-ring (bicyclic) bond motifs is 1. The van der Waals surface area contributed by atoms with Gasteiger partial charge < -0.3 is 30.0 Å². The fourth-order valence-corrected chi connectivity index (χ4v) is 4.43. The molecule has 0 aliphatic heterocycles. The quantitative estimate of drug-likeness (QED) is 0.269. The summed E-state index contributed by atoms with van der Waals surface area (Å²) in [4.78, 5) is 40.2. The van der Waals surface area contributed by atoms with Gasteiger partial charge in [-0.05, 0) is 6.07 Å². The van der Waals surface area contributed by atoms with Crippen LogP contribution in [0.1, 0.15) is 25.6 Å². The molecule has 2 aromatic carbocycles. The highest BCUT2D eigenvalue weighted by molar-refractivity contribution is 7.13. The summed E-state index contributed by atoms with van der Waals surface area (Å²) in [6.45, 7) is 0.0924. The first-order valence-corrected chi connectivity index (χ1v) is 11.5. The average molecular weight is 526 g/mol. The lowest BCUT2D eigenvalue weighted by Crippen LogP contribution is -2.21. The molecular weight excluding hydrogens is 505 g/mol. The Morgan fingerprint density at radius 3 is 2.54 bits per heavy atom. The zero-order valence-electron chi connectivity index (χ0n) is 19.5. The van der Waals surface area contributed by atoms with Crippen LogP contribution in [0.3, 0.4) is 0 Å². The predicted octanol–water partition coefficient (Wildman–Crippen LogP) is 5.15. The van der Waals surface area contributed by atoms with Crippen molar-refractivity contribution in [2.45, 2.75) is 6.61 Å². The Morgan fingerprint density at radius 2 is 1.81 bits per heavy atom. The highest BCUT2D eigenvalue weighted by Gasteiger charge is 2.25. The number of anilines is 2. The standard InChI is InChI=1S/C25H20FN3O7S/c1-34-18-9-15(26)16(10-19(18)36-11-14-6-3-5-13-7-4-8-27-21(13)14)28-25(33)29-17-12-37-22(24(32)35-2)20(17)23(30)31/h3-10,12H,11H2,1-2H3,(H,30,31)(H2,28,29,33). The molecule has 2 amide bonds. The van der Waals surface area contributed by atoms with Gasteiger partial charge in [-0.25, -0.2) is 18.8 Å². The van der Waals surface area contributed by atoms with Gasteiger partial charge in [0.05, 0.1) is 31.1 Å². The Hall–Kier alpha value is -4.71. The molecule has 12 heteroatoms. The maximum absolute atomic E-state index is 14.7. The average Bonchev–Trinajstić information content (AvgIpc) is 3.31. The SMILES string of the molecule is COC(=O)c1scc(NC(=O)Nc2cc(OCc3cccc4cccnc34)c(OC)cc2F)c1C(=O)O. The highest BCUT2D eigenvalue weighted by atomic mass is 32.1. The van der Waals surface area contributed by atoms with E-state index in [1.165, 1.54) is 18.6 Å². The molecule has 0 unspecified atom stereocenters. The van der Waals surface area contributed by atoms with E-state index in [-0.39, 0.29) is 34.4 Å². The highest BCUT2D eigenvalue weighted by Crippen LogP contribution is 2.34. The van der Waals surface area contributed by atoms with E-state index in [0.29, 0.717) is 0 Å². The van der Waals surface area contributed by atoms with Crippen LogP contribution in [0.25, 0.3) is 10.9 Å². The molecule has 0 fully saturated rings. The number of para-hydroxylation sites is 1. The topological polar surface area (TPSA) is 136 Å². The van der Waals surface area contributed by atoms with E-state index in [0.717, 1.165) is 41.0 Å². The molecule has 0 aliphatic carbocycles. The molecule has 0 aliphatic rings. The van der Waals surface area contributed by atoms with Crippen molar-refractivity contribution in [3.05, 3.63) is 75.9 Å². The lowest BCUT2D eigenvalue weighted by atomic mass is 10.1. The van der Waals surface area contributed by atoms with Crippen LogP contribution in [0, 0.1) is 5.82 Å². The number of benzene rings is 2. The summed E-state index contributed by atoms with van der Waals surface area (Å²) in [6, 6.07) is 10.7. The molecule has 10 nitrogen and oxygen atoms in total. The van der Waals surface area contributed by atoms with Gasteiger partial charge in [-0.15, -0.1) is 11.3 Å². The van der Waals surface area contributed by atoms with Crippen LogP contribution in [-0.4, -0.2) is 42.3 Å². The third kappa shape index (κ3) is 5.43. The molecule has 0 saturated heterocycles. The second kappa shape index (κ2) is 10.9. The van der Waals surface area contributed by atoms with Crippen molar-refractivity contribution in [1.82, 2.24) is 4.98 Å². The fraction of sp³-hybridized carbons (Fsp3) is 0.120. The van der Waals surface area contributed by atoms with Crippen LogP contribution in [0.15, 0.2) is 54.0 Å². The minimum Gasteiger partial charge on any atom is -0.493 e. The summed E-state index contributed by atoms with van der Waals surface area (Å²) in [5.74, 6) is -2.86. The number of aromatic nitrogens is 1. The van der Waals surface area contributed by atoms with E-state index in [4.69, 9.17) is 9.47 Å². The Balaban J connectivity index is 1.54. The third-order valence-corrected chi connectivity index (χ3v) is 6.18. The van der Waals surface area contributed by atoms with Gasteiger partial charge in [0.1, 0.15) is 17.0 Å². The molecular formula is C25H20FN3O7S. The summed E-state index contributed by atoms with van der Waals surface area (Å²) >= 11 is 0.788. The van der Waals surface area contributed by atoms with Crippen LogP contribution in [0.4, 0.5) is 20.6 Å². The summed E-state index contributed by atoms with van der Waals surface area (Å²) in [5, 5.41) is 16.3. The number of carboxylic acid groups (broad SMARTS) is 1. The minimum absolute atomic E-state index is 0.0924. The number of rotatable bonds is 8. The van der Waals surface area contributed by atoms with Gasteiger partial charge in [0.2, 0.25) is 0 Å². The number of halogens is 1. The number of thiophene rings is 1. The number of nitrogens with one attached hydrogen (secondary N) is 2. The molecule has 0 spiro atoms. The number of carbonyl (C=O) groups excluding carboxylic acids is 2. The maximum atomic E-state index is 14.7. The van der Waals surface area contributed by atoms with Gasteiger partial charge in [0, 0.05) is 34.7 Å². The number of aromatic carboxylic acids is 1. The zero-order valence-corrected chi connectivity index (χ0v) is 20.3. The number of hydrogen-bond donors (Lipinski definition) is 3. The first kappa shape index (κ1) is 25.4. The number of nitrogens with zero attached hydrogens (tertiary/aromatic N) is 1. The molecule has 4 aromatic rings. The predicted molar refractivity (Wildman–Crippen MR) is 134 cm³/mol. The van der Waals surface area contributed by atoms with Crippen molar-refractivity contribution in [1.29, 1.82) is 0 Å². The van der Waals surface area contributed by atoms with E-state index < -0.39 is 29.4 Å². The largest absolute Gasteiger partial charge is 0.493 e. The molecule has 37 heavy (non-hydrogen) atoms. The van der Waals surface area contributed by atoms with E-state index >= 15 is 0 Å². The van der Waals surface area contributed by atoms with Crippen molar-refractivity contribution in [2.24, 2.45) is 0 Å². The molecule has 2 heterocycles. The Morgan fingerprint density at radius 1 is 1.05 bits per heavy atom. The number of ether oxygens (including phenoxy) is 3. The lowest BCUT2D eigenvalue weighted by Gasteiger charge is -2.15. The van der Waals surface area contributed by atoms with E-state index in [9.17, 15) is 23.9 Å². The first-order chi connectivity index (χ1) is 17.8. The number of amides is 2. The summed E-state index contributed by atoms with van der Waals surface area (Å²) in [5.41, 5.74) is 0.709. The monoisotopic (exact) mass is 525 g/mol. The van der Waals surface area contributed by atoms with Crippen molar-refractivity contribution >= 4 is 51.6 Å². The van der Waals surface area contributed by atoms with Crippen LogP contribution in [0.5, 0.6) is 11.5 Å². The van der Waals surface area contributed by atoms with Crippen molar-refractivity contribution < 1.29 is 38.1 Å². The van der Waals surface area contributed by atoms with Crippen molar-refractivity contribution in [2.75, 3.05) is 24.9 Å². The molecule has 3 N–H and O–H groups in total. The number of hydrogen-bond acceptors (Lipinski definition) is 8. The van der Waals surface area contributed by atoms with E-state index in [1.54, 1.807) is 6.20 Å². The minimum atomic E-state index is -1.44. The Labute approximate surface area is 213 Å². The van der Waals surface area contributed by atoms with Gasteiger partial charge in [0.25, 0.3) is 0 Å². The second-order valence-corrected chi connectivity index (χ2v) is 8.37. The zero-order chi connectivity index (χ0) is 26.5. The second-order valence-electron chi connectivity index (χ2n) is 7.49. The first-order valence-electron chi connectivity index (χ1n) is 10.7. The maximum Gasteiger partial charge on any atom is 0.349 e. The lowest BCUT2D eigenvalue weighted by molar-refractivity contribution is 0.0589. The van der Waals surface area contributed by atoms with Gasteiger partial charge in [-0.1, -0.05) is 24.3 Å². The summed E-state index contributed by atoms with van der Waals surface area (Å²) in [7, 11) is 2.46. The molecule has 0 atom stereocenters. The van der Waals surface area contributed by atoms with Crippen LogP contribution >= 0.6 is 11.3 Å². The van der Waals surface area contributed by atoms with Gasteiger partial charge >= 0.3 is 18.0 Å². The number of pyridine rings is 1. The number of methoxy groups -OCH3 is 2. The van der Waals surface area contributed by atoms with E-state index in [2.05, 4.69) is 20.4 Å². The number of esters is 1. The Kier molecular flexibility index (Phi) is 7.49. The van der Waals surface area contributed by atoms with Gasteiger partial charge in [-0.2, -0.15) is 0 Å². The molecule has 0 saturated carbocycles. The normalized spacial score (nSPS) is 10.6. The van der Waals surface area contributed by atoms with Crippen LogP contribution < -0.4 is 20.1 Å². The third-order valence-electron chi connectivity index (χ3n) is 5.22. The van der Waals surface area contributed by atoms with Crippen LogP contribution in [-0.2, 0) is 11.3 Å². The molecule has 4 rings (SSSR count). The molecule has 2 aromatic heterocycles. The van der Waals surface area contributed by atoms with Gasteiger partial charge in [-0.3, -0.25) is 4.98 Å². The van der Waals surface area contributed by atoms with Crippen molar-refractivity contribution in [3.8, 4) is 11.5 Å². The van der Waals surface area contributed by atoms with Crippen molar-refractivity contribution in [3.63, 3.8) is 0 Å². The summed E-state index contributed by atoms with van der Waals surface area (Å²) < 4.78 is 30.4. The van der Waals surface area contributed by atoms with Crippen LogP contribution in [0.2, 0.25) is 0 Å². The molecule has 0 radical (unpaired) electrons. The molecule has 190 valence electrons. The fourth-order valence-electron chi connectivity index (χ4n) is 3.52. The smallest absolute Gasteiger partial charge is 0.349 e. The number of urea groups is 1. The molecule has 0 bridgehead atoms. The Bertz CT molecular complexity index is 1500. The number of carbonyl (C=O) groups is 3. The van der Waals surface area contributed by atoms with Gasteiger partial charge in [0.15, 0.2) is 17.3 Å². The number of carboxylic acids is 1.